The molecule has 0 aromatic carbocycles. The van der Waals surface area contributed by atoms with Crippen LogP contribution in [0.4, 0.5) is 0 Å². The smallest absolute Gasteiger partial charge is 0.267 e. The molecule has 0 bridgehead atoms. The number of aromatic nitrogens is 2. The Kier molecular flexibility index (Phi) is 3.61. The number of carbonyl (C=O) groups is 1. The van der Waals surface area contributed by atoms with E-state index in [9.17, 15) is 9.59 Å². The Morgan fingerprint density at radius 1 is 1.65 bits per heavy atom. The highest BCUT2D eigenvalue weighted by atomic mass is 79.9. The largest absolute Gasteiger partial charge is 0.353 e. The lowest BCUT2D eigenvalue weighted by Gasteiger charge is -2.07. The molecule has 1 heterocycles. The first-order valence-electron chi connectivity index (χ1n) is 5.59. The Morgan fingerprint density at radius 2 is 2.35 bits per heavy atom. The number of nitrogens with one attached hydrogen (secondary N) is 1. The van der Waals surface area contributed by atoms with Gasteiger partial charge in [-0.2, -0.15) is 0 Å². The number of hydrogen-bond acceptors (Lipinski definition) is 3. The van der Waals surface area contributed by atoms with E-state index < -0.39 is 0 Å². The molecule has 1 fully saturated rings. The summed E-state index contributed by atoms with van der Waals surface area (Å²) >= 11 is 3.19. The van der Waals surface area contributed by atoms with Crippen molar-refractivity contribution in [3.8, 4) is 0 Å². The van der Waals surface area contributed by atoms with Crippen molar-refractivity contribution in [2.24, 2.45) is 0 Å². The Bertz CT molecular complexity index is 494. The van der Waals surface area contributed by atoms with Gasteiger partial charge in [-0.25, -0.2) is 4.98 Å². The second-order valence-corrected chi connectivity index (χ2v) is 5.03. The quantitative estimate of drug-likeness (QED) is 0.901. The SMILES string of the molecule is Cc1ncn(CCC(=O)NC2CC2)c(=O)c1Br. The number of nitrogens with zero attached hydrogens (tertiary/aromatic N) is 2. The van der Waals surface area contributed by atoms with Crippen molar-refractivity contribution in [3.63, 3.8) is 0 Å². The zero-order valence-corrected chi connectivity index (χ0v) is 11.2. The van der Waals surface area contributed by atoms with Crippen LogP contribution in [0.1, 0.15) is 25.0 Å². The van der Waals surface area contributed by atoms with Crippen molar-refractivity contribution in [1.29, 1.82) is 0 Å². The molecule has 0 unspecified atom stereocenters. The summed E-state index contributed by atoms with van der Waals surface area (Å²) < 4.78 is 1.91. The summed E-state index contributed by atoms with van der Waals surface area (Å²) in [5.41, 5.74) is 0.519. The van der Waals surface area contributed by atoms with Crippen LogP contribution < -0.4 is 10.9 Å². The molecular formula is C11H14BrN3O2. The van der Waals surface area contributed by atoms with Gasteiger partial charge in [0.05, 0.1) is 12.0 Å². The zero-order valence-electron chi connectivity index (χ0n) is 9.57. The van der Waals surface area contributed by atoms with Gasteiger partial charge in [-0.1, -0.05) is 0 Å². The molecule has 1 saturated carbocycles. The van der Waals surface area contributed by atoms with Crippen molar-refractivity contribution in [2.45, 2.75) is 38.8 Å². The monoisotopic (exact) mass is 299 g/mol. The van der Waals surface area contributed by atoms with Gasteiger partial charge >= 0.3 is 0 Å². The summed E-state index contributed by atoms with van der Waals surface area (Å²) in [6.07, 6.45) is 3.94. The highest BCUT2D eigenvalue weighted by Gasteiger charge is 2.22. The molecule has 2 rings (SSSR count). The lowest BCUT2D eigenvalue weighted by atomic mass is 10.3. The van der Waals surface area contributed by atoms with E-state index in [-0.39, 0.29) is 11.5 Å². The molecule has 1 aliphatic rings. The van der Waals surface area contributed by atoms with Gasteiger partial charge in [0, 0.05) is 19.0 Å². The summed E-state index contributed by atoms with van der Waals surface area (Å²) in [7, 11) is 0. The van der Waals surface area contributed by atoms with Gasteiger partial charge in [-0.3, -0.25) is 14.2 Å². The molecule has 0 atom stereocenters. The molecule has 5 nitrogen and oxygen atoms in total. The van der Waals surface area contributed by atoms with Gasteiger partial charge in [0.1, 0.15) is 4.47 Å². The minimum Gasteiger partial charge on any atom is -0.353 e. The molecule has 1 aromatic heterocycles. The first kappa shape index (κ1) is 12.3. The molecule has 1 aliphatic carbocycles. The number of carbonyl (C=O) groups excluding carboxylic acids is 1. The standard InChI is InChI=1S/C11H14BrN3O2/c1-7-10(12)11(17)15(6-13-7)5-4-9(16)14-8-2-3-8/h6,8H,2-5H2,1H3,(H,14,16). The van der Waals surface area contributed by atoms with Gasteiger partial charge in [-0.15, -0.1) is 0 Å². The number of amides is 1. The second-order valence-electron chi connectivity index (χ2n) is 4.23. The average molecular weight is 300 g/mol. The molecular weight excluding hydrogens is 286 g/mol. The topological polar surface area (TPSA) is 64.0 Å². The fraction of sp³-hybridized carbons (Fsp3) is 0.545. The van der Waals surface area contributed by atoms with Gasteiger partial charge < -0.3 is 5.32 Å². The van der Waals surface area contributed by atoms with Crippen LogP contribution in [0.2, 0.25) is 0 Å². The van der Waals surface area contributed by atoms with Crippen LogP contribution in [0, 0.1) is 6.92 Å². The first-order chi connectivity index (χ1) is 8.08. The normalized spacial score (nSPS) is 14.7. The summed E-state index contributed by atoms with van der Waals surface area (Å²) in [6.45, 7) is 2.12. The second kappa shape index (κ2) is 5.00. The molecule has 6 heteroatoms. The Balaban J connectivity index is 1.96. The average Bonchev–Trinajstić information content (AvgIpc) is 3.09. The molecule has 0 radical (unpaired) electrons. The van der Waals surface area contributed by atoms with E-state index in [1.54, 1.807) is 6.92 Å². The third-order valence-corrected chi connectivity index (χ3v) is 3.59. The summed E-state index contributed by atoms with van der Waals surface area (Å²) in [5, 5.41) is 2.88. The molecule has 1 N–H and O–H groups in total. The molecule has 1 amide bonds. The van der Waals surface area contributed by atoms with Crippen molar-refractivity contribution in [3.05, 3.63) is 26.8 Å². The third kappa shape index (κ3) is 3.15. The van der Waals surface area contributed by atoms with E-state index >= 15 is 0 Å². The maximum absolute atomic E-state index is 11.8. The highest BCUT2D eigenvalue weighted by Crippen LogP contribution is 2.18. The molecule has 0 saturated heterocycles. The maximum Gasteiger partial charge on any atom is 0.267 e. The van der Waals surface area contributed by atoms with Gasteiger partial charge in [0.25, 0.3) is 5.56 Å². The summed E-state index contributed by atoms with van der Waals surface area (Å²) in [6, 6.07) is 0.363. The number of rotatable bonds is 4. The minimum atomic E-state index is -0.142. The zero-order chi connectivity index (χ0) is 12.4. The van der Waals surface area contributed by atoms with Crippen molar-refractivity contribution >= 4 is 21.8 Å². The fourth-order valence-corrected chi connectivity index (χ4v) is 1.79. The molecule has 0 aliphatic heterocycles. The van der Waals surface area contributed by atoms with Gasteiger partial charge in [-0.05, 0) is 35.7 Å². The predicted molar refractivity (Wildman–Crippen MR) is 66.7 cm³/mol. The fourth-order valence-electron chi connectivity index (χ4n) is 1.46. The van der Waals surface area contributed by atoms with E-state index in [1.165, 1.54) is 10.9 Å². The van der Waals surface area contributed by atoms with Crippen molar-refractivity contribution in [1.82, 2.24) is 14.9 Å². The highest BCUT2D eigenvalue weighted by molar-refractivity contribution is 9.10. The van der Waals surface area contributed by atoms with Gasteiger partial charge in [0.15, 0.2) is 0 Å². The van der Waals surface area contributed by atoms with Crippen LogP contribution in [-0.4, -0.2) is 21.5 Å². The number of hydrogen-bond donors (Lipinski definition) is 1. The van der Waals surface area contributed by atoms with Gasteiger partial charge in [0.2, 0.25) is 5.91 Å². The van der Waals surface area contributed by atoms with E-state index in [4.69, 9.17) is 0 Å². The number of aryl methyl sites for hydroxylation is 2. The van der Waals surface area contributed by atoms with Crippen LogP contribution >= 0.6 is 15.9 Å². The molecule has 0 spiro atoms. The van der Waals surface area contributed by atoms with E-state index in [2.05, 4.69) is 26.2 Å². The maximum atomic E-state index is 11.8. The minimum absolute atomic E-state index is 0.00361. The first-order valence-corrected chi connectivity index (χ1v) is 6.38. The molecule has 92 valence electrons. The third-order valence-electron chi connectivity index (χ3n) is 2.68. The molecule has 17 heavy (non-hydrogen) atoms. The van der Waals surface area contributed by atoms with Crippen molar-refractivity contribution < 1.29 is 4.79 Å². The van der Waals surface area contributed by atoms with E-state index in [1.807, 2.05) is 0 Å². The van der Waals surface area contributed by atoms with Crippen molar-refractivity contribution in [2.75, 3.05) is 0 Å². The summed E-state index contributed by atoms with van der Waals surface area (Å²) in [5.74, 6) is -0.00361. The van der Waals surface area contributed by atoms with Crippen LogP contribution in [0.3, 0.4) is 0 Å². The lowest BCUT2D eigenvalue weighted by Crippen LogP contribution is -2.29. The Labute approximate surface area is 107 Å². The summed E-state index contributed by atoms with van der Waals surface area (Å²) in [4.78, 5) is 27.3. The van der Waals surface area contributed by atoms with Crippen LogP contribution in [-0.2, 0) is 11.3 Å². The van der Waals surface area contributed by atoms with Crippen LogP contribution in [0.25, 0.3) is 0 Å². The van der Waals surface area contributed by atoms with Crippen LogP contribution in [0.15, 0.2) is 15.6 Å². The Morgan fingerprint density at radius 3 is 3.00 bits per heavy atom. The van der Waals surface area contributed by atoms with E-state index in [0.717, 1.165) is 12.8 Å². The molecule has 1 aromatic rings. The predicted octanol–water partition coefficient (Wildman–Crippen LogP) is 0.983. The van der Waals surface area contributed by atoms with Crippen LogP contribution in [0.5, 0.6) is 0 Å². The van der Waals surface area contributed by atoms with E-state index in [0.29, 0.717) is 29.2 Å². The lowest BCUT2D eigenvalue weighted by molar-refractivity contribution is -0.121. The number of halogens is 1. The Hall–Kier alpha value is -1.17.